The molecule has 0 N–H and O–H groups in total. The van der Waals surface area contributed by atoms with Crippen molar-refractivity contribution in [2.45, 2.75) is 37.5 Å². The molecule has 0 bridgehead atoms. The Hall–Kier alpha value is -2.53. The lowest BCUT2D eigenvalue weighted by Gasteiger charge is -2.33. The van der Waals surface area contributed by atoms with Gasteiger partial charge in [0.1, 0.15) is 12.1 Å². The number of likely N-dealkylation sites (tertiary alicyclic amines) is 1. The smallest absolute Gasteiger partial charge is 0.243 e. The van der Waals surface area contributed by atoms with Gasteiger partial charge < -0.3 is 14.4 Å². The van der Waals surface area contributed by atoms with Crippen LogP contribution in [0.2, 0.25) is 0 Å². The summed E-state index contributed by atoms with van der Waals surface area (Å²) in [5.41, 5.74) is 2.08. The molecule has 3 saturated heterocycles. The van der Waals surface area contributed by atoms with E-state index in [-0.39, 0.29) is 11.6 Å². The second kappa shape index (κ2) is 7.06. The summed E-state index contributed by atoms with van der Waals surface area (Å²) in [5.74, 6) is 2.25. The van der Waals surface area contributed by atoms with Crippen LogP contribution in [0.4, 0.5) is 0 Å². The largest absolute Gasteiger partial charge is 0.493 e. The zero-order valence-electron chi connectivity index (χ0n) is 17.1. The highest BCUT2D eigenvalue weighted by molar-refractivity contribution is 5.90. The van der Waals surface area contributed by atoms with Gasteiger partial charge in [0.15, 0.2) is 11.5 Å². The van der Waals surface area contributed by atoms with Gasteiger partial charge in [-0.15, -0.1) is 0 Å². The maximum Gasteiger partial charge on any atom is 0.243 e. The molecule has 0 radical (unpaired) electrons. The van der Waals surface area contributed by atoms with Crippen molar-refractivity contribution in [1.29, 1.82) is 0 Å². The van der Waals surface area contributed by atoms with Crippen LogP contribution < -0.4 is 9.47 Å². The predicted molar refractivity (Wildman–Crippen MR) is 111 cm³/mol. The average Bonchev–Trinajstić information content (AvgIpc) is 3.38. The molecule has 1 spiro atoms. The quantitative estimate of drug-likeness (QED) is 0.779. The van der Waals surface area contributed by atoms with Crippen molar-refractivity contribution in [3.63, 3.8) is 0 Å². The minimum absolute atomic E-state index is 0.269. The van der Waals surface area contributed by atoms with Gasteiger partial charge in [-0.3, -0.25) is 9.69 Å². The van der Waals surface area contributed by atoms with Crippen LogP contribution in [0, 0.1) is 5.92 Å². The topological polar surface area (TPSA) is 42.0 Å². The van der Waals surface area contributed by atoms with E-state index in [0.29, 0.717) is 18.4 Å². The Balaban J connectivity index is 1.39. The Bertz CT molecular complexity index is 916. The maximum absolute atomic E-state index is 13.0. The number of nitrogens with zero attached hydrogens (tertiary/aromatic N) is 2. The third-order valence-electron chi connectivity index (χ3n) is 7.05. The van der Waals surface area contributed by atoms with Gasteiger partial charge in [0, 0.05) is 25.6 Å². The fraction of sp³-hybridized carbons (Fsp3) is 0.458. The fourth-order valence-corrected chi connectivity index (χ4v) is 5.76. The van der Waals surface area contributed by atoms with Crippen LogP contribution in [0.3, 0.4) is 0 Å². The number of carbonyl (C=O) groups excluding carboxylic acids is 1. The molecule has 2 aromatic rings. The molecule has 5 rings (SSSR count). The zero-order chi connectivity index (χ0) is 20.0. The summed E-state index contributed by atoms with van der Waals surface area (Å²) in [7, 11) is 3.64. The molecule has 3 aliphatic rings. The van der Waals surface area contributed by atoms with Crippen LogP contribution in [0.5, 0.6) is 11.5 Å². The summed E-state index contributed by atoms with van der Waals surface area (Å²) in [6.07, 6.45) is 3.12. The van der Waals surface area contributed by atoms with Crippen molar-refractivity contribution in [1.82, 2.24) is 9.80 Å². The first-order chi connectivity index (χ1) is 14.1. The van der Waals surface area contributed by atoms with E-state index in [0.717, 1.165) is 49.4 Å². The lowest BCUT2D eigenvalue weighted by molar-refractivity contribution is -0.135. The molecular weight excluding hydrogens is 364 g/mol. The fourth-order valence-electron chi connectivity index (χ4n) is 5.76. The first kappa shape index (κ1) is 18.5. The molecular formula is C24H28N2O3. The predicted octanol–water partition coefficient (Wildman–Crippen LogP) is 3.64. The summed E-state index contributed by atoms with van der Waals surface area (Å²) in [5, 5.41) is 0. The van der Waals surface area contributed by atoms with Crippen molar-refractivity contribution in [3.05, 3.63) is 59.7 Å². The number of ether oxygens (including phenoxy) is 2. The molecule has 1 amide bonds. The average molecular weight is 392 g/mol. The molecule has 3 fully saturated rings. The Labute approximate surface area is 172 Å². The molecule has 2 aromatic carbocycles. The van der Waals surface area contributed by atoms with E-state index in [2.05, 4.69) is 29.2 Å². The molecule has 0 unspecified atom stereocenters. The van der Waals surface area contributed by atoms with Gasteiger partial charge in [-0.25, -0.2) is 0 Å². The van der Waals surface area contributed by atoms with Crippen molar-refractivity contribution in [2.24, 2.45) is 5.92 Å². The first-order valence-corrected chi connectivity index (χ1v) is 10.5. The lowest BCUT2D eigenvalue weighted by atomic mass is 9.85. The minimum Gasteiger partial charge on any atom is -0.493 e. The maximum atomic E-state index is 13.0. The van der Waals surface area contributed by atoms with Gasteiger partial charge in [-0.2, -0.15) is 0 Å². The van der Waals surface area contributed by atoms with E-state index in [1.165, 1.54) is 5.56 Å². The second-order valence-electron chi connectivity index (χ2n) is 8.54. The molecule has 0 saturated carbocycles. The van der Waals surface area contributed by atoms with Crippen LogP contribution >= 0.6 is 0 Å². The Morgan fingerprint density at radius 2 is 1.97 bits per heavy atom. The van der Waals surface area contributed by atoms with Gasteiger partial charge in [0.05, 0.1) is 7.11 Å². The number of rotatable bonds is 5. The van der Waals surface area contributed by atoms with Crippen LogP contribution in [-0.2, 0) is 11.4 Å². The van der Waals surface area contributed by atoms with Gasteiger partial charge in [-0.05, 0) is 49.1 Å². The van der Waals surface area contributed by atoms with Crippen molar-refractivity contribution in [2.75, 3.05) is 27.2 Å². The van der Waals surface area contributed by atoms with E-state index < -0.39 is 0 Å². The van der Waals surface area contributed by atoms with E-state index in [4.69, 9.17) is 9.47 Å². The minimum atomic E-state index is -0.269. The summed E-state index contributed by atoms with van der Waals surface area (Å²) >= 11 is 0. The summed E-state index contributed by atoms with van der Waals surface area (Å²) in [6, 6.07) is 16.7. The van der Waals surface area contributed by atoms with E-state index in [9.17, 15) is 4.79 Å². The Morgan fingerprint density at radius 1 is 1.14 bits per heavy atom. The van der Waals surface area contributed by atoms with Crippen molar-refractivity contribution >= 4 is 5.91 Å². The number of methoxy groups -OCH3 is 1. The van der Waals surface area contributed by atoms with Gasteiger partial charge >= 0.3 is 0 Å². The van der Waals surface area contributed by atoms with Gasteiger partial charge in [0.2, 0.25) is 5.91 Å². The highest BCUT2D eigenvalue weighted by atomic mass is 16.5. The highest BCUT2D eigenvalue weighted by Gasteiger charge is 2.64. The van der Waals surface area contributed by atoms with E-state index in [1.54, 1.807) is 7.11 Å². The molecule has 5 heteroatoms. The number of hydrogen-bond donors (Lipinski definition) is 0. The van der Waals surface area contributed by atoms with Crippen LogP contribution in [0.1, 0.15) is 36.4 Å². The highest BCUT2D eigenvalue weighted by Crippen LogP contribution is 2.56. The monoisotopic (exact) mass is 392 g/mol. The zero-order valence-corrected chi connectivity index (χ0v) is 17.1. The van der Waals surface area contributed by atoms with E-state index in [1.807, 2.05) is 36.2 Å². The number of carbonyl (C=O) groups is 1. The molecule has 0 aromatic heterocycles. The molecule has 29 heavy (non-hydrogen) atoms. The molecule has 152 valence electrons. The SMILES string of the molecule is COc1cc([C@@H]2C[C@H]3CN(C)C(=O)[C@]34CCCN24)ccc1OCc1ccccc1. The van der Waals surface area contributed by atoms with Gasteiger partial charge in [-0.1, -0.05) is 36.4 Å². The van der Waals surface area contributed by atoms with Crippen LogP contribution in [-0.4, -0.2) is 48.5 Å². The number of benzene rings is 2. The molecule has 0 aliphatic carbocycles. The van der Waals surface area contributed by atoms with Crippen LogP contribution in [0.25, 0.3) is 0 Å². The summed E-state index contributed by atoms with van der Waals surface area (Å²) in [4.78, 5) is 17.4. The third-order valence-corrected chi connectivity index (χ3v) is 7.05. The summed E-state index contributed by atoms with van der Waals surface area (Å²) < 4.78 is 11.7. The third kappa shape index (κ3) is 2.83. The molecule has 3 aliphatic heterocycles. The second-order valence-corrected chi connectivity index (χ2v) is 8.54. The Morgan fingerprint density at radius 3 is 2.76 bits per heavy atom. The molecule has 3 atom stereocenters. The van der Waals surface area contributed by atoms with Gasteiger partial charge in [0.25, 0.3) is 0 Å². The number of likely N-dealkylation sites (N-methyl/N-ethyl adjacent to an activating group) is 1. The normalized spacial score (nSPS) is 28.5. The standard InChI is InChI=1S/C24H28N2O3/c1-25-15-19-14-20(26-12-6-11-24(19,26)23(25)27)18-9-10-21(22(13-18)28-2)29-16-17-7-4-3-5-8-17/h3-5,7-10,13,19-20H,6,11-12,14-16H2,1-2H3/t19-,20-,24-/m0/s1. The van der Waals surface area contributed by atoms with Crippen LogP contribution in [0.15, 0.2) is 48.5 Å². The van der Waals surface area contributed by atoms with E-state index >= 15 is 0 Å². The van der Waals surface area contributed by atoms with Crippen molar-refractivity contribution < 1.29 is 14.3 Å². The Kier molecular flexibility index (Phi) is 4.50. The number of hydrogen-bond acceptors (Lipinski definition) is 4. The molecule has 3 heterocycles. The summed E-state index contributed by atoms with van der Waals surface area (Å²) in [6.45, 7) is 2.38. The first-order valence-electron chi connectivity index (χ1n) is 10.5. The number of amides is 1. The molecule has 5 nitrogen and oxygen atoms in total. The lowest BCUT2D eigenvalue weighted by Crippen LogP contribution is -2.49. The van der Waals surface area contributed by atoms with Crippen molar-refractivity contribution in [3.8, 4) is 11.5 Å².